The van der Waals surface area contributed by atoms with Gasteiger partial charge in [0.1, 0.15) is 5.75 Å². The minimum atomic E-state index is -0.188. The molecule has 3 aromatic rings. The summed E-state index contributed by atoms with van der Waals surface area (Å²) in [6.45, 7) is 3.26. The van der Waals surface area contributed by atoms with Crippen molar-refractivity contribution in [3.63, 3.8) is 0 Å². The molecule has 0 spiro atoms. The highest BCUT2D eigenvalue weighted by atomic mass is 16.5. The summed E-state index contributed by atoms with van der Waals surface area (Å²) in [5, 5.41) is 5.59. The molecule has 1 aromatic heterocycles. The quantitative estimate of drug-likeness (QED) is 0.532. The number of aromatic amines is 1. The number of rotatable bonds is 8. The van der Waals surface area contributed by atoms with E-state index in [0.717, 1.165) is 22.3 Å². The van der Waals surface area contributed by atoms with Gasteiger partial charge in [0.15, 0.2) is 0 Å². The molecule has 0 unspecified atom stereocenters. The normalized spacial score (nSPS) is 10.6. The van der Waals surface area contributed by atoms with Crippen LogP contribution in [0, 0.1) is 0 Å². The number of nitrogens with zero attached hydrogens (tertiary/aromatic N) is 1. The fourth-order valence-electron chi connectivity index (χ4n) is 2.67. The number of hydrogen-bond donors (Lipinski definition) is 3. The Hall–Kier alpha value is -3.35. The maximum atomic E-state index is 12.2. The van der Waals surface area contributed by atoms with Crippen LogP contribution in [0.5, 0.6) is 5.75 Å². The first-order valence-corrected chi connectivity index (χ1v) is 8.85. The Morgan fingerprint density at radius 3 is 2.63 bits per heavy atom. The van der Waals surface area contributed by atoms with Crippen molar-refractivity contribution >= 4 is 22.8 Å². The maximum Gasteiger partial charge on any atom is 0.251 e. The molecule has 140 valence electrons. The molecular formula is C20H22N4O3. The molecule has 0 saturated heterocycles. The topological polar surface area (TPSA) is 96.1 Å². The lowest BCUT2D eigenvalue weighted by atomic mass is 10.1. The number of H-pyrrole nitrogens is 1. The van der Waals surface area contributed by atoms with Crippen molar-refractivity contribution in [3.8, 4) is 5.75 Å². The molecule has 2 amide bonds. The number of hydrogen-bond acceptors (Lipinski definition) is 4. The standard InChI is InChI=1S/C20H22N4O3/c1-2-27-16-6-3-14(4-7-16)11-19(25)21-9-10-22-20(26)15-5-8-17-18(12-15)24-13-23-17/h3-8,12-13H,2,9-11H2,1H3,(H,21,25)(H,22,26)(H,23,24). The van der Waals surface area contributed by atoms with Gasteiger partial charge in [0.25, 0.3) is 5.91 Å². The molecule has 7 nitrogen and oxygen atoms in total. The van der Waals surface area contributed by atoms with E-state index in [1.54, 1.807) is 24.5 Å². The van der Waals surface area contributed by atoms with Crippen LogP contribution >= 0.6 is 0 Å². The fraction of sp³-hybridized carbons (Fsp3) is 0.250. The maximum absolute atomic E-state index is 12.2. The molecule has 0 fully saturated rings. The van der Waals surface area contributed by atoms with E-state index in [0.29, 0.717) is 25.3 Å². The van der Waals surface area contributed by atoms with Crippen molar-refractivity contribution in [2.75, 3.05) is 19.7 Å². The van der Waals surface area contributed by atoms with E-state index in [1.807, 2.05) is 31.2 Å². The molecule has 2 aromatic carbocycles. The van der Waals surface area contributed by atoms with E-state index in [-0.39, 0.29) is 18.2 Å². The third-order valence-electron chi connectivity index (χ3n) is 4.01. The highest BCUT2D eigenvalue weighted by Gasteiger charge is 2.08. The first-order chi connectivity index (χ1) is 13.2. The molecule has 7 heteroatoms. The second-order valence-electron chi connectivity index (χ2n) is 5.99. The van der Waals surface area contributed by atoms with Gasteiger partial charge in [0.2, 0.25) is 5.91 Å². The van der Waals surface area contributed by atoms with Crippen LogP contribution in [0.25, 0.3) is 11.0 Å². The Bertz CT molecular complexity index is 918. The summed E-state index contributed by atoms with van der Waals surface area (Å²) in [7, 11) is 0. The fourth-order valence-corrected chi connectivity index (χ4v) is 2.67. The molecular weight excluding hydrogens is 344 g/mol. The van der Waals surface area contributed by atoms with Crippen LogP contribution in [-0.2, 0) is 11.2 Å². The van der Waals surface area contributed by atoms with E-state index >= 15 is 0 Å². The zero-order chi connectivity index (χ0) is 19.1. The SMILES string of the molecule is CCOc1ccc(CC(=O)NCCNC(=O)c2ccc3nc[nH]c3c2)cc1. The van der Waals surface area contributed by atoms with Gasteiger partial charge < -0.3 is 20.4 Å². The zero-order valence-electron chi connectivity index (χ0n) is 15.1. The Balaban J connectivity index is 1.40. The number of fused-ring (bicyclic) bond motifs is 1. The number of ether oxygens (including phenoxy) is 1. The number of carbonyl (C=O) groups is 2. The predicted molar refractivity (Wildman–Crippen MR) is 103 cm³/mol. The lowest BCUT2D eigenvalue weighted by Gasteiger charge is -2.08. The summed E-state index contributed by atoms with van der Waals surface area (Å²) < 4.78 is 5.38. The number of benzene rings is 2. The van der Waals surface area contributed by atoms with E-state index in [9.17, 15) is 9.59 Å². The number of aromatic nitrogens is 2. The molecule has 0 aliphatic heterocycles. The van der Waals surface area contributed by atoms with Crippen molar-refractivity contribution in [2.24, 2.45) is 0 Å². The number of amides is 2. The van der Waals surface area contributed by atoms with Gasteiger partial charge in [-0.3, -0.25) is 9.59 Å². The third-order valence-corrected chi connectivity index (χ3v) is 4.01. The predicted octanol–water partition coefficient (Wildman–Crippen LogP) is 2.05. The monoisotopic (exact) mass is 366 g/mol. The molecule has 0 radical (unpaired) electrons. The third kappa shape index (κ3) is 5.07. The number of nitrogens with one attached hydrogen (secondary N) is 3. The van der Waals surface area contributed by atoms with Gasteiger partial charge in [-0.05, 0) is 42.8 Å². The molecule has 0 aliphatic carbocycles. The Kier molecular flexibility index (Phi) is 6.04. The lowest BCUT2D eigenvalue weighted by Crippen LogP contribution is -2.35. The molecule has 0 bridgehead atoms. The Labute approximate surface area is 157 Å². The van der Waals surface area contributed by atoms with Crippen LogP contribution in [-0.4, -0.2) is 41.5 Å². The lowest BCUT2D eigenvalue weighted by molar-refractivity contribution is -0.120. The van der Waals surface area contributed by atoms with Crippen LogP contribution in [0.1, 0.15) is 22.8 Å². The largest absolute Gasteiger partial charge is 0.494 e. The van der Waals surface area contributed by atoms with Crippen molar-refractivity contribution in [2.45, 2.75) is 13.3 Å². The summed E-state index contributed by atoms with van der Waals surface area (Å²) in [5.74, 6) is 0.511. The molecule has 3 N–H and O–H groups in total. The van der Waals surface area contributed by atoms with Gasteiger partial charge in [-0.15, -0.1) is 0 Å². The zero-order valence-corrected chi connectivity index (χ0v) is 15.1. The van der Waals surface area contributed by atoms with Crippen molar-refractivity contribution in [1.29, 1.82) is 0 Å². The Morgan fingerprint density at radius 1 is 1.07 bits per heavy atom. The molecule has 0 atom stereocenters. The average molecular weight is 366 g/mol. The highest BCUT2D eigenvalue weighted by molar-refractivity contribution is 5.97. The van der Waals surface area contributed by atoms with Crippen molar-refractivity contribution < 1.29 is 14.3 Å². The first-order valence-electron chi connectivity index (χ1n) is 8.85. The molecule has 3 rings (SSSR count). The van der Waals surface area contributed by atoms with Gasteiger partial charge >= 0.3 is 0 Å². The van der Waals surface area contributed by atoms with Gasteiger partial charge in [-0.2, -0.15) is 0 Å². The van der Waals surface area contributed by atoms with E-state index in [2.05, 4.69) is 20.6 Å². The van der Waals surface area contributed by atoms with Crippen LogP contribution in [0.3, 0.4) is 0 Å². The smallest absolute Gasteiger partial charge is 0.251 e. The van der Waals surface area contributed by atoms with Crippen LogP contribution in [0.4, 0.5) is 0 Å². The minimum absolute atomic E-state index is 0.0905. The van der Waals surface area contributed by atoms with Gasteiger partial charge in [0.05, 0.1) is 30.4 Å². The summed E-state index contributed by atoms with van der Waals surface area (Å²) >= 11 is 0. The average Bonchev–Trinajstić information content (AvgIpc) is 3.14. The van der Waals surface area contributed by atoms with Crippen LogP contribution < -0.4 is 15.4 Å². The summed E-state index contributed by atoms with van der Waals surface area (Å²) in [4.78, 5) is 31.2. The highest BCUT2D eigenvalue weighted by Crippen LogP contribution is 2.12. The van der Waals surface area contributed by atoms with E-state index in [1.165, 1.54) is 0 Å². The number of imidazole rings is 1. The second-order valence-corrected chi connectivity index (χ2v) is 5.99. The second kappa shape index (κ2) is 8.84. The Morgan fingerprint density at radius 2 is 1.85 bits per heavy atom. The van der Waals surface area contributed by atoms with E-state index in [4.69, 9.17) is 4.74 Å². The summed E-state index contributed by atoms with van der Waals surface area (Å²) in [6.07, 6.45) is 1.88. The van der Waals surface area contributed by atoms with Crippen LogP contribution in [0.15, 0.2) is 48.8 Å². The van der Waals surface area contributed by atoms with Crippen molar-refractivity contribution in [3.05, 3.63) is 59.9 Å². The minimum Gasteiger partial charge on any atom is -0.494 e. The molecule has 0 aliphatic rings. The van der Waals surface area contributed by atoms with Crippen LogP contribution in [0.2, 0.25) is 0 Å². The van der Waals surface area contributed by atoms with Gasteiger partial charge in [-0.1, -0.05) is 12.1 Å². The van der Waals surface area contributed by atoms with Crippen molar-refractivity contribution in [1.82, 2.24) is 20.6 Å². The molecule has 1 heterocycles. The van der Waals surface area contributed by atoms with Gasteiger partial charge in [-0.25, -0.2) is 4.98 Å². The summed E-state index contributed by atoms with van der Waals surface area (Å²) in [5.41, 5.74) is 3.08. The molecule has 27 heavy (non-hydrogen) atoms. The summed E-state index contributed by atoms with van der Waals surface area (Å²) in [6, 6.07) is 12.7. The van der Waals surface area contributed by atoms with E-state index < -0.39 is 0 Å². The molecule has 0 saturated carbocycles. The van der Waals surface area contributed by atoms with Gasteiger partial charge in [0, 0.05) is 18.7 Å². The first kappa shape index (κ1) is 18.4. The number of carbonyl (C=O) groups excluding carboxylic acids is 2.